The number of nitrogens with one attached hydrogen (secondary N) is 1. The highest BCUT2D eigenvalue weighted by atomic mass is 15.2. The number of hydrogen-bond acceptors (Lipinski definition) is 2. The molecular formula is C16H32N2. The van der Waals surface area contributed by atoms with E-state index in [1.807, 2.05) is 0 Å². The first-order chi connectivity index (χ1) is 8.66. The fourth-order valence-electron chi connectivity index (χ4n) is 3.47. The zero-order valence-electron chi connectivity index (χ0n) is 12.6. The van der Waals surface area contributed by atoms with E-state index >= 15 is 0 Å². The molecular weight excluding hydrogens is 220 g/mol. The van der Waals surface area contributed by atoms with Crippen molar-refractivity contribution >= 4 is 0 Å². The third-order valence-corrected chi connectivity index (χ3v) is 5.30. The minimum absolute atomic E-state index is 0.710. The van der Waals surface area contributed by atoms with Gasteiger partial charge in [-0.15, -0.1) is 0 Å². The van der Waals surface area contributed by atoms with Gasteiger partial charge in [-0.25, -0.2) is 0 Å². The lowest BCUT2D eigenvalue weighted by atomic mass is 9.88. The van der Waals surface area contributed by atoms with Gasteiger partial charge in [-0.1, -0.05) is 33.1 Å². The summed E-state index contributed by atoms with van der Waals surface area (Å²) >= 11 is 0. The first-order valence-corrected chi connectivity index (χ1v) is 8.14. The van der Waals surface area contributed by atoms with Crippen molar-refractivity contribution in [2.24, 2.45) is 11.8 Å². The molecule has 0 amide bonds. The predicted molar refractivity (Wildman–Crippen MR) is 78.9 cm³/mol. The Kier molecular flexibility index (Phi) is 5.50. The Hall–Kier alpha value is -0.0800. The molecule has 3 unspecified atom stereocenters. The Labute approximate surface area is 114 Å². The van der Waals surface area contributed by atoms with E-state index in [9.17, 15) is 0 Å². The van der Waals surface area contributed by atoms with E-state index in [1.54, 1.807) is 0 Å². The number of piperidine rings is 1. The molecule has 106 valence electrons. The van der Waals surface area contributed by atoms with Crippen molar-refractivity contribution in [1.29, 1.82) is 0 Å². The van der Waals surface area contributed by atoms with Crippen LogP contribution in [-0.2, 0) is 0 Å². The summed E-state index contributed by atoms with van der Waals surface area (Å²) in [6.07, 6.45) is 8.51. The summed E-state index contributed by atoms with van der Waals surface area (Å²) in [4.78, 5) is 2.69. The van der Waals surface area contributed by atoms with Gasteiger partial charge >= 0.3 is 0 Å². The van der Waals surface area contributed by atoms with Crippen LogP contribution >= 0.6 is 0 Å². The topological polar surface area (TPSA) is 15.3 Å². The highest BCUT2D eigenvalue weighted by Crippen LogP contribution is 2.24. The molecule has 2 rings (SSSR count). The van der Waals surface area contributed by atoms with Gasteiger partial charge in [0.05, 0.1) is 0 Å². The SMILES string of the molecule is CC1CCN(C(C)CNC2CCCCC2)CC1C. The Morgan fingerprint density at radius 1 is 1.06 bits per heavy atom. The van der Waals surface area contributed by atoms with Crippen molar-refractivity contribution in [3.8, 4) is 0 Å². The third kappa shape index (κ3) is 3.96. The molecule has 2 nitrogen and oxygen atoms in total. The predicted octanol–water partition coefficient (Wildman–Crippen LogP) is 3.28. The average Bonchev–Trinajstić information content (AvgIpc) is 2.40. The van der Waals surface area contributed by atoms with Gasteiger partial charge < -0.3 is 5.32 Å². The van der Waals surface area contributed by atoms with Crippen molar-refractivity contribution in [3.05, 3.63) is 0 Å². The zero-order valence-corrected chi connectivity index (χ0v) is 12.6. The molecule has 2 aliphatic rings. The van der Waals surface area contributed by atoms with Crippen molar-refractivity contribution in [2.75, 3.05) is 19.6 Å². The summed E-state index contributed by atoms with van der Waals surface area (Å²) in [7, 11) is 0. The van der Waals surface area contributed by atoms with E-state index in [4.69, 9.17) is 0 Å². The maximum Gasteiger partial charge on any atom is 0.0192 e. The summed E-state index contributed by atoms with van der Waals surface area (Å²) < 4.78 is 0. The maximum atomic E-state index is 3.80. The van der Waals surface area contributed by atoms with E-state index in [0.29, 0.717) is 6.04 Å². The lowest BCUT2D eigenvalue weighted by Crippen LogP contribution is -2.48. The van der Waals surface area contributed by atoms with Gasteiger partial charge in [-0.3, -0.25) is 4.90 Å². The van der Waals surface area contributed by atoms with Gasteiger partial charge in [0, 0.05) is 25.2 Å². The lowest BCUT2D eigenvalue weighted by molar-refractivity contribution is 0.0996. The van der Waals surface area contributed by atoms with Crippen LogP contribution in [0.4, 0.5) is 0 Å². The van der Waals surface area contributed by atoms with Crippen LogP contribution < -0.4 is 5.32 Å². The smallest absolute Gasteiger partial charge is 0.0192 e. The molecule has 0 aromatic carbocycles. The van der Waals surface area contributed by atoms with E-state index in [0.717, 1.165) is 17.9 Å². The molecule has 0 bridgehead atoms. The maximum absolute atomic E-state index is 3.80. The zero-order chi connectivity index (χ0) is 13.0. The van der Waals surface area contributed by atoms with Gasteiger partial charge in [-0.05, 0) is 44.6 Å². The van der Waals surface area contributed by atoms with Crippen molar-refractivity contribution in [2.45, 2.75) is 71.4 Å². The molecule has 0 aromatic heterocycles. The Morgan fingerprint density at radius 3 is 2.44 bits per heavy atom. The number of hydrogen-bond donors (Lipinski definition) is 1. The second-order valence-corrected chi connectivity index (χ2v) is 6.83. The minimum atomic E-state index is 0.710. The van der Waals surface area contributed by atoms with Crippen LogP contribution in [0.15, 0.2) is 0 Å². The fourth-order valence-corrected chi connectivity index (χ4v) is 3.47. The molecule has 18 heavy (non-hydrogen) atoms. The van der Waals surface area contributed by atoms with E-state index in [1.165, 1.54) is 58.2 Å². The highest BCUT2D eigenvalue weighted by Gasteiger charge is 2.26. The normalized spacial score (nSPS) is 33.5. The summed E-state index contributed by atoms with van der Waals surface area (Å²) in [5.41, 5.74) is 0. The standard InChI is InChI=1S/C16H32N2/c1-13-9-10-18(12-14(13)2)15(3)11-17-16-7-5-4-6-8-16/h13-17H,4-12H2,1-3H3. The molecule has 3 atom stereocenters. The van der Waals surface area contributed by atoms with Crippen LogP contribution in [0.2, 0.25) is 0 Å². The first kappa shape index (κ1) is 14.3. The molecule has 1 aliphatic carbocycles. The molecule has 1 N–H and O–H groups in total. The van der Waals surface area contributed by atoms with Gasteiger partial charge in [0.15, 0.2) is 0 Å². The monoisotopic (exact) mass is 252 g/mol. The summed E-state index contributed by atoms with van der Waals surface area (Å²) in [6.45, 7) is 11.0. The minimum Gasteiger partial charge on any atom is -0.312 e. The summed E-state index contributed by atoms with van der Waals surface area (Å²) in [5, 5.41) is 3.80. The van der Waals surface area contributed by atoms with Gasteiger partial charge in [0.25, 0.3) is 0 Å². The molecule has 2 heteroatoms. The van der Waals surface area contributed by atoms with Crippen LogP contribution in [0, 0.1) is 11.8 Å². The first-order valence-electron chi connectivity index (χ1n) is 8.14. The molecule has 0 spiro atoms. The Bertz CT molecular complexity index is 235. The highest BCUT2D eigenvalue weighted by molar-refractivity contribution is 4.81. The van der Waals surface area contributed by atoms with E-state index < -0.39 is 0 Å². The average molecular weight is 252 g/mol. The molecule has 1 saturated heterocycles. The second-order valence-electron chi connectivity index (χ2n) is 6.83. The summed E-state index contributed by atoms with van der Waals surface area (Å²) in [6, 6.07) is 1.52. The Morgan fingerprint density at radius 2 is 1.78 bits per heavy atom. The van der Waals surface area contributed by atoms with E-state index in [-0.39, 0.29) is 0 Å². The molecule has 1 heterocycles. The lowest BCUT2D eigenvalue weighted by Gasteiger charge is -2.39. The van der Waals surface area contributed by atoms with Gasteiger partial charge in [0.2, 0.25) is 0 Å². The number of rotatable bonds is 4. The summed E-state index contributed by atoms with van der Waals surface area (Å²) in [5.74, 6) is 1.79. The van der Waals surface area contributed by atoms with Crippen LogP contribution in [0.1, 0.15) is 59.3 Å². The van der Waals surface area contributed by atoms with E-state index in [2.05, 4.69) is 31.0 Å². The molecule has 0 radical (unpaired) electrons. The van der Waals surface area contributed by atoms with Gasteiger partial charge in [-0.2, -0.15) is 0 Å². The second kappa shape index (κ2) is 6.91. The van der Waals surface area contributed by atoms with Crippen LogP contribution in [-0.4, -0.2) is 36.6 Å². The quantitative estimate of drug-likeness (QED) is 0.826. The Balaban J connectivity index is 1.69. The van der Waals surface area contributed by atoms with Gasteiger partial charge in [0.1, 0.15) is 0 Å². The van der Waals surface area contributed by atoms with Crippen LogP contribution in [0.3, 0.4) is 0 Å². The molecule has 1 saturated carbocycles. The third-order valence-electron chi connectivity index (χ3n) is 5.30. The number of nitrogens with zero attached hydrogens (tertiary/aromatic N) is 1. The van der Waals surface area contributed by atoms with Crippen molar-refractivity contribution < 1.29 is 0 Å². The van der Waals surface area contributed by atoms with Crippen LogP contribution in [0.25, 0.3) is 0 Å². The van der Waals surface area contributed by atoms with Crippen molar-refractivity contribution in [1.82, 2.24) is 10.2 Å². The largest absolute Gasteiger partial charge is 0.312 e. The number of likely N-dealkylation sites (tertiary alicyclic amines) is 1. The molecule has 0 aromatic rings. The molecule has 2 fully saturated rings. The van der Waals surface area contributed by atoms with Crippen LogP contribution in [0.5, 0.6) is 0 Å². The fraction of sp³-hybridized carbons (Fsp3) is 1.00. The van der Waals surface area contributed by atoms with Crippen molar-refractivity contribution in [3.63, 3.8) is 0 Å². The molecule has 1 aliphatic heterocycles.